The minimum absolute atomic E-state index is 0.192. The lowest BCUT2D eigenvalue weighted by Crippen LogP contribution is -2.20. The van der Waals surface area contributed by atoms with Crippen LogP contribution in [0.15, 0.2) is 47.1 Å². The molecule has 0 saturated carbocycles. The van der Waals surface area contributed by atoms with Gasteiger partial charge in [0.15, 0.2) is 5.76 Å². The minimum Gasteiger partial charge on any atom is -0.469 e. The number of ether oxygens (including phenoxy) is 1. The number of aromatic nitrogens is 3. The van der Waals surface area contributed by atoms with E-state index in [0.29, 0.717) is 12.4 Å². The molecule has 0 bridgehead atoms. The van der Waals surface area contributed by atoms with E-state index in [2.05, 4.69) is 10.1 Å². The molecule has 0 amide bonds. The van der Waals surface area contributed by atoms with Crippen molar-refractivity contribution in [2.24, 2.45) is 0 Å². The SMILES string of the molecule is COC(=O)[C@@H]1CCCc2c1cnn2Cc1ncc(-c2ccccc2)o1. The van der Waals surface area contributed by atoms with Crippen LogP contribution in [0, 0.1) is 0 Å². The van der Waals surface area contributed by atoms with Crippen LogP contribution in [0.2, 0.25) is 0 Å². The summed E-state index contributed by atoms with van der Waals surface area (Å²) in [7, 11) is 1.43. The highest BCUT2D eigenvalue weighted by Gasteiger charge is 2.30. The van der Waals surface area contributed by atoms with Crippen LogP contribution in [-0.4, -0.2) is 27.8 Å². The average molecular weight is 337 g/mol. The van der Waals surface area contributed by atoms with E-state index in [9.17, 15) is 4.79 Å². The van der Waals surface area contributed by atoms with Crippen molar-refractivity contribution in [3.05, 3.63) is 59.9 Å². The molecule has 2 aromatic heterocycles. The molecule has 0 radical (unpaired) electrons. The predicted molar refractivity (Wildman–Crippen MR) is 91.0 cm³/mol. The van der Waals surface area contributed by atoms with Gasteiger partial charge in [0.2, 0.25) is 5.89 Å². The standard InChI is InChI=1S/C19H19N3O3/c1-24-19(23)14-8-5-9-16-15(14)10-21-22(16)12-18-20-11-17(25-18)13-6-3-2-4-7-13/h2-4,6-7,10-11,14H,5,8-9,12H2,1H3/t14-/m1/s1. The van der Waals surface area contributed by atoms with Gasteiger partial charge in [0.05, 0.1) is 25.4 Å². The molecule has 0 saturated heterocycles. The molecule has 1 atom stereocenters. The van der Waals surface area contributed by atoms with Crippen molar-refractivity contribution in [2.75, 3.05) is 7.11 Å². The Morgan fingerprint density at radius 2 is 2.16 bits per heavy atom. The fourth-order valence-corrected chi connectivity index (χ4v) is 3.39. The van der Waals surface area contributed by atoms with Crippen molar-refractivity contribution in [2.45, 2.75) is 31.7 Å². The highest BCUT2D eigenvalue weighted by atomic mass is 16.5. The fourth-order valence-electron chi connectivity index (χ4n) is 3.39. The summed E-state index contributed by atoms with van der Waals surface area (Å²) in [5.74, 6) is 0.934. The summed E-state index contributed by atoms with van der Waals surface area (Å²) in [6.45, 7) is 0.454. The number of carbonyl (C=O) groups is 1. The summed E-state index contributed by atoms with van der Waals surface area (Å²) >= 11 is 0. The van der Waals surface area contributed by atoms with Gasteiger partial charge in [0, 0.05) is 16.8 Å². The summed E-state index contributed by atoms with van der Waals surface area (Å²) in [4.78, 5) is 16.3. The Morgan fingerprint density at radius 3 is 2.96 bits per heavy atom. The maximum Gasteiger partial charge on any atom is 0.313 e. The molecule has 0 fully saturated rings. The number of hydrogen-bond acceptors (Lipinski definition) is 5. The molecule has 4 rings (SSSR count). The van der Waals surface area contributed by atoms with Crippen LogP contribution < -0.4 is 0 Å². The second-order valence-corrected chi connectivity index (χ2v) is 6.16. The molecule has 0 aliphatic heterocycles. The predicted octanol–water partition coefficient (Wildman–Crippen LogP) is 3.18. The Morgan fingerprint density at radius 1 is 1.32 bits per heavy atom. The Hall–Kier alpha value is -2.89. The van der Waals surface area contributed by atoms with Crippen LogP contribution in [0.3, 0.4) is 0 Å². The maximum absolute atomic E-state index is 12.0. The lowest BCUT2D eigenvalue weighted by molar-refractivity contribution is -0.142. The molecule has 6 heteroatoms. The number of hydrogen-bond donors (Lipinski definition) is 0. The molecule has 1 aromatic carbocycles. The molecule has 1 aliphatic carbocycles. The first kappa shape index (κ1) is 15.6. The smallest absolute Gasteiger partial charge is 0.313 e. The molecule has 0 spiro atoms. The molecular formula is C19H19N3O3. The van der Waals surface area contributed by atoms with Gasteiger partial charge in [-0.05, 0) is 19.3 Å². The summed E-state index contributed by atoms with van der Waals surface area (Å²) in [5, 5.41) is 4.45. The van der Waals surface area contributed by atoms with Gasteiger partial charge in [-0.3, -0.25) is 9.48 Å². The van der Waals surface area contributed by atoms with Gasteiger partial charge in [0.25, 0.3) is 0 Å². The van der Waals surface area contributed by atoms with Gasteiger partial charge in [-0.2, -0.15) is 5.10 Å². The van der Waals surface area contributed by atoms with E-state index < -0.39 is 0 Å². The largest absolute Gasteiger partial charge is 0.469 e. The van der Waals surface area contributed by atoms with Crippen molar-refractivity contribution in [1.29, 1.82) is 0 Å². The third-order valence-corrected chi connectivity index (χ3v) is 4.65. The Kier molecular flexibility index (Phi) is 4.09. The number of esters is 1. The number of carbonyl (C=O) groups excluding carboxylic acids is 1. The van der Waals surface area contributed by atoms with Gasteiger partial charge in [-0.25, -0.2) is 4.98 Å². The lowest BCUT2D eigenvalue weighted by Gasteiger charge is -2.20. The van der Waals surface area contributed by atoms with Crippen LogP contribution >= 0.6 is 0 Å². The number of nitrogens with zero attached hydrogens (tertiary/aromatic N) is 3. The number of fused-ring (bicyclic) bond motifs is 1. The maximum atomic E-state index is 12.0. The first-order valence-corrected chi connectivity index (χ1v) is 8.39. The van der Waals surface area contributed by atoms with E-state index in [0.717, 1.165) is 41.8 Å². The van der Waals surface area contributed by atoms with E-state index in [-0.39, 0.29) is 11.9 Å². The van der Waals surface area contributed by atoms with Gasteiger partial charge < -0.3 is 9.15 Å². The second-order valence-electron chi connectivity index (χ2n) is 6.16. The zero-order valence-electron chi connectivity index (χ0n) is 14.0. The highest BCUT2D eigenvalue weighted by molar-refractivity contribution is 5.78. The third-order valence-electron chi connectivity index (χ3n) is 4.65. The molecule has 25 heavy (non-hydrogen) atoms. The van der Waals surface area contributed by atoms with Crippen molar-refractivity contribution < 1.29 is 13.9 Å². The number of methoxy groups -OCH3 is 1. The van der Waals surface area contributed by atoms with E-state index in [1.807, 2.05) is 35.0 Å². The van der Waals surface area contributed by atoms with Crippen molar-refractivity contribution in [3.63, 3.8) is 0 Å². The normalized spacial score (nSPS) is 16.4. The Labute approximate surface area is 145 Å². The summed E-state index contributed by atoms with van der Waals surface area (Å²) in [6.07, 6.45) is 6.16. The molecule has 128 valence electrons. The Balaban J connectivity index is 1.58. The molecule has 2 heterocycles. The van der Waals surface area contributed by atoms with Gasteiger partial charge in [0.1, 0.15) is 6.54 Å². The monoisotopic (exact) mass is 337 g/mol. The number of oxazole rings is 1. The van der Waals surface area contributed by atoms with Gasteiger partial charge in [-0.15, -0.1) is 0 Å². The second kappa shape index (κ2) is 6.55. The first-order valence-electron chi connectivity index (χ1n) is 8.39. The third kappa shape index (κ3) is 2.95. The molecule has 0 unspecified atom stereocenters. The summed E-state index contributed by atoms with van der Waals surface area (Å²) in [5.41, 5.74) is 3.03. The van der Waals surface area contributed by atoms with E-state index in [1.165, 1.54) is 7.11 Å². The van der Waals surface area contributed by atoms with Crippen molar-refractivity contribution in [3.8, 4) is 11.3 Å². The summed E-state index contributed by atoms with van der Waals surface area (Å²) < 4.78 is 12.7. The van der Waals surface area contributed by atoms with E-state index in [1.54, 1.807) is 12.4 Å². The molecule has 0 N–H and O–H groups in total. The highest BCUT2D eigenvalue weighted by Crippen LogP contribution is 2.32. The molecule has 6 nitrogen and oxygen atoms in total. The molecule has 3 aromatic rings. The van der Waals surface area contributed by atoms with Crippen molar-refractivity contribution >= 4 is 5.97 Å². The quantitative estimate of drug-likeness (QED) is 0.684. The number of rotatable bonds is 4. The van der Waals surface area contributed by atoms with Crippen LogP contribution in [-0.2, 0) is 22.5 Å². The van der Waals surface area contributed by atoms with Gasteiger partial charge in [-0.1, -0.05) is 30.3 Å². The zero-order valence-corrected chi connectivity index (χ0v) is 14.0. The van der Waals surface area contributed by atoms with E-state index >= 15 is 0 Å². The summed E-state index contributed by atoms with van der Waals surface area (Å²) in [6, 6.07) is 9.87. The number of benzene rings is 1. The van der Waals surface area contributed by atoms with E-state index in [4.69, 9.17) is 9.15 Å². The zero-order chi connectivity index (χ0) is 17.2. The fraction of sp³-hybridized carbons (Fsp3) is 0.316. The molecule has 1 aliphatic rings. The Bertz CT molecular complexity index is 882. The average Bonchev–Trinajstić information content (AvgIpc) is 3.29. The molecular weight excluding hydrogens is 318 g/mol. The first-order chi connectivity index (χ1) is 12.3. The van der Waals surface area contributed by atoms with Crippen molar-refractivity contribution in [1.82, 2.24) is 14.8 Å². The lowest BCUT2D eigenvalue weighted by atomic mass is 9.87. The van der Waals surface area contributed by atoms with Crippen LogP contribution in [0.25, 0.3) is 11.3 Å². The minimum atomic E-state index is -0.216. The van der Waals surface area contributed by atoms with Crippen LogP contribution in [0.5, 0.6) is 0 Å². The van der Waals surface area contributed by atoms with Crippen LogP contribution in [0.4, 0.5) is 0 Å². The van der Waals surface area contributed by atoms with Gasteiger partial charge >= 0.3 is 5.97 Å². The van der Waals surface area contributed by atoms with Crippen LogP contribution in [0.1, 0.15) is 35.9 Å². The topological polar surface area (TPSA) is 70.2 Å².